The second-order valence-electron chi connectivity index (χ2n) is 5.53. The molecule has 0 N–H and O–H groups in total. The van der Waals surface area contributed by atoms with E-state index in [1.165, 1.54) is 10.5 Å². The predicted molar refractivity (Wildman–Crippen MR) is 85.4 cm³/mol. The molecule has 3 rings (SSSR count). The van der Waals surface area contributed by atoms with E-state index in [9.17, 15) is 13.2 Å². The van der Waals surface area contributed by atoms with Gasteiger partial charge in [0.15, 0.2) is 0 Å². The van der Waals surface area contributed by atoms with Gasteiger partial charge in [-0.15, -0.1) is 0 Å². The van der Waals surface area contributed by atoms with Gasteiger partial charge in [0.1, 0.15) is 4.90 Å². The van der Waals surface area contributed by atoms with Crippen molar-refractivity contribution in [3.05, 3.63) is 30.6 Å². The molecule has 0 saturated carbocycles. The van der Waals surface area contributed by atoms with Gasteiger partial charge in [0.25, 0.3) is 0 Å². The first-order valence-corrected chi connectivity index (χ1v) is 9.18. The molecule has 124 valence electrons. The minimum Gasteiger partial charge on any atom is -0.341 e. The summed E-state index contributed by atoms with van der Waals surface area (Å²) >= 11 is 0. The number of fused-ring (bicyclic) bond motifs is 1. The molecule has 1 aliphatic rings. The van der Waals surface area contributed by atoms with Crippen LogP contribution in [-0.2, 0) is 14.8 Å². The van der Waals surface area contributed by atoms with Gasteiger partial charge >= 0.3 is 0 Å². The second-order valence-corrected chi connectivity index (χ2v) is 7.44. The number of nitrogens with zero attached hydrogens (tertiary/aromatic N) is 4. The van der Waals surface area contributed by atoms with Gasteiger partial charge in [-0.1, -0.05) is 13.0 Å². The van der Waals surface area contributed by atoms with E-state index in [1.807, 2.05) is 6.92 Å². The van der Waals surface area contributed by atoms with Crippen LogP contribution in [0.25, 0.3) is 5.52 Å². The molecule has 1 amide bonds. The molecule has 2 aromatic rings. The third-order valence-electron chi connectivity index (χ3n) is 4.12. The summed E-state index contributed by atoms with van der Waals surface area (Å²) in [5.41, 5.74) is 0.568. The van der Waals surface area contributed by atoms with Crippen LogP contribution >= 0.6 is 0 Å². The van der Waals surface area contributed by atoms with E-state index in [-0.39, 0.29) is 10.8 Å². The quantitative estimate of drug-likeness (QED) is 0.837. The predicted octanol–water partition coefficient (Wildman–Crippen LogP) is 0.967. The largest absolute Gasteiger partial charge is 0.341 e. The van der Waals surface area contributed by atoms with Gasteiger partial charge in [-0.2, -0.15) is 9.40 Å². The zero-order chi connectivity index (χ0) is 16.4. The molecule has 2 aromatic heterocycles. The van der Waals surface area contributed by atoms with E-state index in [4.69, 9.17) is 0 Å². The Bertz CT molecular complexity index is 815. The fraction of sp³-hybridized carbons (Fsp3) is 0.467. The van der Waals surface area contributed by atoms with Crippen LogP contribution < -0.4 is 0 Å². The van der Waals surface area contributed by atoms with Crippen molar-refractivity contribution in [2.24, 2.45) is 0 Å². The number of rotatable bonds is 3. The van der Waals surface area contributed by atoms with Crippen LogP contribution in [0.4, 0.5) is 0 Å². The van der Waals surface area contributed by atoms with Gasteiger partial charge in [-0.05, 0) is 18.6 Å². The molecule has 1 fully saturated rings. The maximum Gasteiger partial charge on any atom is 0.246 e. The van der Waals surface area contributed by atoms with Gasteiger partial charge in [0.2, 0.25) is 15.9 Å². The summed E-state index contributed by atoms with van der Waals surface area (Å²) in [7, 11) is -3.61. The average molecular weight is 336 g/mol. The monoisotopic (exact) mass is 336 g/mol. The first-order chi connectivity index (χ1) is 11.0. The number of pyridine rings is 1. The van der Waals surface area contributed by atoms with E-state index in [0.717, 1.165) is 0 Å². The molecule has 0 aromatic carbocycles. The van der Waals surface area contributed by atoms with Gasteiger partial charge in [0, 0.05) is 38.8 Å². The van der Waals surface area contributed by atoms with Crippen molar-refractivity contribution < 1.29 is 13.2 Å². The van der Waals surface area contributed by atoms with Crippen molar-refractivity contribution in [2.75, 3.05) is 26.2 Å². The Morgan fingerprint density at radius 3 is 2.83 bits per heavy atom. The number of carbonyl (C=O) groups excluding carboxylic acids is 1. The van der Waals surface area contributed by atoms with Crippen molar-refractivity contribution in [1.82, 2.24) is 18.8 Å². The van der Waals surface area contributed by atoms with Crippen LogP contribution in [-0.4, -0.2) is 59.3 Å². The molecule has 0 unspecified atom stereocenters. The maximum absolute atomic E-state index is 12.9. The average Bonchev–Trinajstić information content (AvgIpc) is 2.83. The number of carbonyl (C=O) groups is 1. The Balaban J connectivity index is 1.87. The van der Waals surface area contributed by atoms with Crippen LogP contribution in [0.2, 0.25) is 0 Å². The zero-order valence-electron chi connectivity index (χ0n) is 13.1. The lowest BCUT2D eigenvalue weighted by Crippen LogP contribution is -2.37. The van der Waals surface area contributed by atoms with E-state index in [2.05, 4.69) is 5.10 Å². The third kappa shape index (κ3) is 2.96. The van der Waals surface area contributed by atoms with E-state index in [1.54, 1.807) is 33.8 Å². The lowest BCUT2D eigenvalue weighted by molar-refractivity contribution is -0.130. The Morgan fingerprint density at radius 1 is 1.22 bits per heavy atom. The Labute approximate surface area is 135 Å². The molecule has 3 heterocycles. The molecule has 0 bridgehead atoms. The highest BCUT2D eigenvalue weighted by Crippen LogP contribution is 2.22. The van der Waals surface area contributed by atoms with Crippen molar-refractivity contribution in [3.8, 4) is 0 Å². The first kappa shape index (κ1) is 15.9. The molecule has 0 atom stereocenters. The summed E-state index contributed by atoms with van der Waals surface area (Å²) in [6.45, 7) is 3.59. The smallest absolute Gasteiger partial charge is 0.246 e. The molecule has 1 aliphatic heterocycles. The molecule has 1 saturated heterocycles. The van der Waals surface area contributed by atoms with Crippen LogP contribution in [0, 0.1) is 0 Å². The summed E-state index contributed by atoms with van der Waals surface area (Å²) < 4.78 is 28.9. The Kier molecular flexibility index (Phi) is 4.36. The fourth-order valence-corrected chi connectivity index (χ4v) is 4.43. The summed E-state index contributed by atoms with van der Waals surface area (Å²) in [6, 6.07) is 5.33. The molecule has 8 heteroatoms. The van der Waals surface area contributed by atoms with Crippen molar-refractivity contribution in [2.45, 2.75) is 24.7 Å². The third-order valence-corrected chi connectivity index (χ3v) is 6.03. The van der Waals surface area contributed by atoms with Crippen molar-refractivity contribution in [3.63, 3.8) is 0 Å². The summed E-state index contributed by atoms with van der Waals surface area (Å²) in [5, 5.41) is 4.11. The zero-order valence-corrected chi connectivity index (χ0v) is 13.9. The highest BCUT2D eigenvalue weighted by Gasteiger charge is 2.30. The van der Waals surface area contributed by atoms with Gasteiger partial charge in [-0.25, -0.2) is 12.9 Å². The first-order valence-electron chi connectivity index (χ1n) is 7.74. The highest BCUT2D eigenvalue weighted by atomic mass is 32.2. The topological polar surface area (TPSA) is 75.0 Å². The number of amides is 1. The lowest BCUT2D eigenvalue weighted by atomic mass is 10.3. The minimum atomic E-state index is -3.61. The van der Waals surface area contributed by atoms with E-state index < -0.39 is 10.0 Å². The number of sulfonamides is 1. The summed E-state index contributed by atoms with van der Waals surface area (Å²) in [6.07, 6.45) is 4.20. The molecule has 0 spiro atoms. The Morgan fingerprint density at radius 2 is 2.04 bits per heavy atom. The molecular weight excluding hydrogens is 316 g/mol. The van der Waals surface area contributed by atoms with Crippen LogP contribution in [0.5, 0.6) is 0 Å². The van der Waals surface area contributed by atoms with Crippen LogP contribution in [0.15, 0.2) is 35.5 Å². The normalized spacial score (nSPS) is 17.3. The molecular formula is C15H20N4O3S. The van der Waals surface area contributed by atoms with Crippen LogP contribution in [0.1, 0.15) is 19.8 Å². The minimum absolute atomic E-state index is 0.0697. The van der Waals surface area contributed by atoms with Gasteiger partial charge < -0.3 is 4.90 Å². The van der Waals surface area contributed by atoms with E-state index in [0.29, 0.717) is 44.5 Å². The van der Waals surface area contributed by atoms with Crippen LogP contribution in [0.3, 0.4) is 0 Å². The van der Waals surface area contributed by atoms with Crippen molar-refractivity contribution in [1.29, 1.82) is 0 Å². The Hall–Kier alpha value is -1.93. The maximum atomic E-state index is 12.9. The van der Waals surface area contributed by atoms with Gasteiger partial charge in [0.05, 0.1) is 11.7 Å². The highest BCUT2D eigenvalue weighted by molar-refractivity contribution is 7.89. The lowest BCUT2D eigenvalue weighted by Gasteiger charge is -2.21. The standard InChI is InChI=1S/C15H20N4O3S/c1-2-15(20)17-7-5-8-18(11-10-17)23(21,22)14-12-16-19-9-4-3-6-13(14)19/h3-4,6,9,12H,2,5,7-8,10-11H2,1H3. The van der Waals surface area contributed by atoms with E-state index >= 15 is 0 Å². The summed E-state index contributed by atoms with van der Waals surface area (Å²) in [5.74, 6) is 0.0697. The molecule has 23 heavy (non-hydrogen) atoms. The van der Waals surface area contributed by atoms with Gasteiger partial charge in [-0.3, -0.25) is 4.79 Å². The second kappa shape index (κ2) is 6.29. The SMILES string of the molecule is CCC(=O)N1CCCN(S(=O)(=O)c2cnn3ccccc23)CC1. The molecule has 0 aliphatic carbocycles. The number of hydrogen-bond donors (Lipinski definition) is 0. The number of aromatic nitrogens is 2. The molecule has 7 nitrogen and oxygen atoms in total. The fourth-order valence-electron chi connectivity index (χ4n) is 2.86. The summed E-state index contributed by atoms with van der Waals surface area (Å²) in [4.78, 5) is 13.8. The molecule has 0 radical (unpaired) electrons. The van der Waals surface area contributed by atoms with Crippen molar-refractivity contribution >= 4 is 21.4 Å². The number of hydrogen-bond acceptors (Lipinski definition) is 4.